The van der Waals surface area contributed by atoms with E-state index in [0.717, 1.165) is 62.9 Å². The highest BCUT2D eigenvalue weighted by Crippen LogP contribution is 2.39. The summed E-state index contributed by atoms with van der Waals surface area (Å²) in [5.41, 5.74) is 7.43. The Balaban J connectivity index is 1.08. The summed E-state index contributed by atoms with van der Waals surface area (Å²) in [5, 5.41) is 0. The van der Waals surface area contributed by atoms with Crippen LogP contribution in [0.25, 0.3) is 11.3 Å². The zero-order chi connectivity index (χ0) is 39.1. The van der Waals surface area contributed by atoms with Gasteiger partial charge in [0.25, 0.3) is 5.91 Å². The van der Waals surface area contributed by atoms with Crippen LogP contribution in [0.5, 0.6) is 11.5 Å². The van der Waals surface area contributed by atoms with Crippen LogP contribution < -0.4 is 24.2 Å². The van der Waals surface area contributed by atoms with Gasteiger partial charge in [0.15, 0.2) is 0 Å². The van der Waals surface area contributed by atoms with E-state index in [1.807, 2.05) is 73.1 Å². The van der Waals surface area contributed by atoms with Crippen molar-refractivity contribution < 1.29 is 19.0 Å². The lowest BCUT2D eigenvalue weighted by molar-refractivity contribution is 0.0785. The number of rotatable bonds is 13. The average molecular weight is 764 g/mol. The van der Waals surface area contributed by atoms with E-state index in [2.05, 4.69) is 43.9 Å². The predicted molar refractivity (Wildman–Crippen MR) is 219 cm³/mol. The molecule has 5 heterocycles. The van der Waals surface area contributed by atoms with Gasteiger partial charge >= 0.3 is 0 Å². The van der Waals surface area contributed by atoms with Gasteiger partial charge in [-0.05, 0) is 77.7 Å². The van der Waals surface area contributed by atoms with Gasteiger partial charge in [0.05, 0.1) is 33.1 Å². The second-order valence-corrected chi connectivity index (χ2v) is 14.1. The Hall–Kier alpha value is -6.60. The molecule has 0 N–H and O–H groups in total. The highest BCUT2D eigenvalue weighted by Gasteiger charge is 2.30. The Bertz CT molecular complexity index is 2220. The first kappa shape index (κ1) is 37.3. The molecule has 0 unspecified atom stereocenters. The Labute approximate surface area is 332 Å². The molecular formula is C44H45N9O4. The summed E-state index contributed by atoms with van der Waals surface area (Å²) < 4.78 is 16.4. The summed E-state index contributed by atoms with van der Waals surface area (Å²) in [6.07, 6.45) is 7.99. The van der Waals surface area contributed by atoms with E-state index in [9.17, 15) is 4.79 Å². The number of hydrogen-bond acceptors (Lipinski definition) is 12. The SMILES string of the molecule is COc1ccc(CN(Cc2ccc(OC)cc2)c2ncc(-c3nc(N4CCOCC4)nc4c3CCN4c3ccc(C(=O)N(C)Cc4cccnc4)cc3)cn2)cc1. The van der Waals surface area contributed by atoms with Gasteiger partial charge in [0, 0.05) is 93.5 Å². The topological polar surface area (TPSA) is 122 Å². The maximum atomic E-state index is 13.3. The number of carbonyl (C=O) groups is 1. The van der Waals surface area contributed by atoms with Crippen LogP contribution in [0.2, 0.25) is 0 Å². The molecule has 0 atom stereocenters. The Kier molecular flexibility index (Phi) is 11.2. The molecule has 2 aliphatic rings. The van der Waals surface area contributed by atoms with Gasteiger partial charge in [0.1, 0.15) is 17.3 Å². The van der Waals surface area contributed by atoms with Gasteiger partial charge in [-0.3, -0.25) is 9.78 Å². The zero-order valence-corrected chi connectivity index (χ0v) is 32.4. The van der Waals surface area contributed by atoms with Crippen LogP contribution in [-0.2, 0) is 30.8 Å². The summed E-state index contributed by atoms with van der Waals surface area (Å²) in [5.74, 6) is 3.65. The molecule has 13 heteroatoms. The number of nitrogens with zero attached hydrogens (tertiary/aromatic N) is 9. The average Bonchev–Trinajstić information content (AvgIpc) is 3.71. The number of ether oxygens (including phenoxy) is 3. The second kappa shape index (κ2) is 17.0. The molecule has 3 aromatic carbocycles. The van der Waals surface area contributed by atoms with E-state index in [1.165, 1.54) is 0 Å². The first-order valence-electron chi connectivity index (χ1n) is 19.0. The van der Waals surface area contributed by atoms with Crippen molar-refractivity contribution in [3.8, 4) is 22.8 Å². The van der Waals surface area contributed by atoms with Crippen LogP contribution in [0, 0.1) is 0 Å². The van der Waals surface area contributed by atoms with Gasteiger partial charge in [-0.15, -0.1) is 0 Å². The summed E-state index contributed by atoms with van der Waals surface area (Å²) in [7, 11) is 5.14. The van der Waals surface area contributed by atoms with Crippen molar-refractivity contribution in [2.75, 3.05) is 68.8 Å². The first-order chi connectivity index (χ1) is 27.9. The third-order valence-electron chi connectivity index (χ3n) is 10.3. The number of fused-ring (bicyclic) bond motifs is 1. The van der Waals surface area contributed by atoms with Gasteiger partial charge < -0.3 is 33.8 Å². The molecule has 13 nitrogen and oxygen atoms in total. The highest BCUT2D eigenvalue weighted by molar-refractivity contribution is 5.94. The van der Waals surface area contributed by atoms with Crippen molar-refractivity contribution in [1.82, 2.24) is 29.8 Å². The molecule has 1 fully saturated rings. The molecule has 0 radical (unpaired) electrons. The molecule has 290 valence electrons. The molecule has 3 aromatic heterocycles. The van der Waals surface area contributed by atoms with Crippen LogP contribution >= 0.6 is 0 Å². The number of benzene rings is 3. The number of pyridine rings is 1. The van der Waals surface area contributed by atoms with Gasteiger partial charge in [-0.2, -0.15) is 4.98 Å². The molecule has 8 rings (SSSR count). The summed E-state index contributed by atoms with van der Waals surface area (Å²) in [6, 6.07) is 27.7. The summed E-state index contributed by atoms with van der Waals surface area (Å²) in [6.45, 7) is 5.01. The van der Waals surface area contributed by atoms with Gasteiger partial charge in [0.2, 0.25) is 11.9 Å². The lowest BCUT2D eigenvalue weighted by Crippen LogP contribution is -2.37. The van der Waals surface area contributed by atoms with Crippen LogP contribution in [-0.4, -0.2) is 89.8 Å². The van der Waals surface area contributed by atoms with Crippen molar-refractivity contribution >= 4 is 29.3 Å². The van der Waals surface area contributed by atoms with Crippen LogP contribution in [0.3, 0.4) is 0 Å². The fourth-order valence-electron chi connectivity index (χ4n) is 7.19. The minimum Gasteiger partial charge on any atom is -0.497 e. The van der Waals surface area contributed by atoms with Crippen molar-refractivity contribution in [1.29, 1.82) is 0 Å². The van der Waals surface area contributed by atoms with Crippen LogP contribution in [0.15, 0.2) is 110 Å². The normalized spacial score (nSPS) is 13.6. The molecule has 2 aliphatic heterocycles. The Morgan fingerprint density at radius 1 is 0.754 bits per heavy atom. The molecule has 0 saturated carbocycles. The van der Waals surface area contributed by atoms with Gasteiger partial charge in [-0.1, -0.05) is 30.3 Å². The smallest absolute Gasteiger partial charge is 0.253 e. The fraction of sp³-hybridized carbons (Fsp3) is 0.273. The Morgan fingerprint density at radius 3 is 2.00 bits per heavy atom. The van der Waals surface area contributed by atoms with Crippen molar-refractivity contribution in [3.05, 3.63) is 138 Å². The summed E-state index contributed by atoms with van der Waals surface area (Å²) >= 11 is 0. The maximum Gasteiger partial charge on any atom is 0.253 e. The number of aromatic nitrogens is 5. The lowest BCUT2D eigenvalue weighted by Gasteiger charge is -2.28. The molecule has 0 bridgehead atoms. The fourth-order valence-corrected chi connectivity index (χ4v) is 7.19. The number of anilines is 4. The van der Waals surface area contributed by atoms with E-state index in [1.54, 1.807) is 38.6 Å². The molecule has 57 heavy (non-hydrogen) atoms. The predicted octanol–water partition coefficient (Wildman–Crippen LogP) is 6.36. The molecule has 1 amide bonds. The number of amides is 1. The third kappa shape index (κ3) is 8.48. The quantitative estimate of drug-likeness (QED) is 0.130. The van der Waals surface area contributed by atoms with Crippen molar-refractivity contribution in [2.45, 2.75) is 26.1 Å². The molecule has 0 aliphatic carbocycles. The maximum absolute atomic E-state index is 13.3. The van der Waals surface area contributed by atoms with E-state index in [-0.39, 0.29) is 5.91 Å². The van der Waals surface area contributed by atoms with E-state index in [4.69, 9.17) is 34.1 Å². The first-order valence-corrected chi connectivity index (χ1v) is 19.0. The number of hydrogen-bond donors (Lipinski definition) is 0. The molecule has 0 spiro atoms. The Morgan fingerprint density at radius 2 is 1.40 bits per heavy atom. The van der Waals surface area contributed by atoms with E-state index < -0.39 is 0 Å². The molecule has 1 saturated heterocycles. The zero-order valence-electron chi connectivity index (χ0n) is 32.4. The second-order valence-electron chi connectivity index (χ2n) is 14.1. The lowest BCUT2D eigenvalue weighted by atomic mass is 10.1. The monoisotopic (exact) mass is 763 g/mol. The number of carbonyl (C=O) groups excluding carboxylic acids is 1. The van der Waals surface area contributed by atoms with Gasteiger partial charge in [-0.25, -0.2) is 15.0 Å². The highest BCUT2D eigenvalue weighted by atomic mass is 16.5. The van der Waals surface area contributed by atoms with E-state index >= 15 is 0 Å². The van der Waals surface area contributed by atoms with Crippen molar-refractivity contribution in [2.24, 2.45) is 0 Å². The van der Waals surface area contributed by atoms with Crippen LogP contribution in [0.1, 0.15) is 32.6 Å². The number of morpholine rings is 1. The minimum absolute atomic E-state index is 0.0542. The minimum atomic E-state index is -0.0542. The molecule has 6 aromatic rings. The largest absolute Gasteiger partial charge is 0.497 e. The standard InChI is InChI=1S/C44H45N9O4/c1-50(28-33-5-4-19-45-25-33)42(54)34-10-12-36(13-11-34)53-20-18-39-40(48-44(49-41(39)53)51-21-23-57-24-22-51)35-26-46-43(47-27-35)52(29-31-6-14-37(55-2)15-7-31)30-32-8-16-38(56-3)17-9-32/h4-17,19,25-27H,18,20-24,28-30H2,1-3H3. The number of methoxy groups -OCH3 is 2. The van der Waals surface area contributed by atoms with Crippen molar-refractivity contribution in [3.63, 3.8) is 0 Å². The molecular weight excluding hydrogens is 719 g/mol. The third-order valence-corrected chi connectivity index (χ3v) is 10.3. The summed E-state index contributed by atoms with van der Waals surface area (Å²) in [4.78, 5) is 45.9. The van der Waals surface area contributed by atoms with E-state index in [0.29, 0.717) is 69.9 Å². The van der Waals surface area contributed by atoms with Crippen LogP contribution in [0.4, 0.5) is 23.4 Å².